The monoisotopic (exact) mass is 545 g/mol. The third-order valence-corrected chi connectivity index (χ3v) is 7.01. The summed E-state index contributed by atoms with van der Waals surface area (Å²) in [5, 5.41) is 13.8. The van der Waals surface area contributed by atoms with Crippen LogP contribution in [0.5, 0.6) is 11.5 Å². The van der Waals surface area contributed by atoms with Crippen molar-refractivity contribution in [2.75, 3.05) is 50.3 Å². The first kappa shape index (κ1) is 26.4. The van der Waals surface area contributed by atoms with Crippen molar-refractivity contribution >= 4 is 17.4 Å². The van der Waals surface area contributed by atoms with E-state index < -0.39 is 29.0 Å². The summed E-state index contributed by atoms with van der Waals surface area (Å²) in [5.41, 5.74) is 4.36. The molecular formula is C26H26F3N5O5. The van der Waals surface area contributed by atoms with E-state index >= 15 is 0 Å². The van der Waals surface area contributed by atoms with Crippen molar-refractivity contribution in [3.8, 4) is 28.4 Å². The van der Waals surface area contributed by atoms with Crippen molar-refractivity contribution in [2.24, 2.45) is 11.7 Å². The fourth-order valence-electron chi connectivity index (χ4n) is 4.99. The molecule has 0 saturated carbocycles. The number of anilines is 2. The van der Waals surface area contributed by atoms with E-state index in [4.69, 9.17) is 15.2 Å². The number of alkyl halides is 3. The maximum Gasteiger partial charge on any atom is 0.418 e. The molecule has 2 aliphatic heterocycles. The number of amides is 2. The van der Waals surface area contributed by atoms with E-state index in [2.05, 4.69) is 5.10 Å². The number of hydrogen-bond donors (Lipinski definition) is 2. The van der Waals surface area contributed by atoms with Crippen LogP contribution in [-0.2, 0) is 12.6 Å². The third-order valence-electron chi connectivity index (χ3n) is 7.01. The van der Waals surface area contributed by atoms with E-state index in [1.807, 2.05) is 0 Å². The molecule has 0 spiro atoms. The molecule has 13 heteroatoms. The lowest BCUT2D eigenvalue weighted by atomic mass is 9.99. The Morgan fingerprint density at radius 3 is 2.36 bits per heavy atom. The van der Waals surface area contributed by atoms with Crippen molar-refractivity contribution in [1.82, 2.24) is 9.78 Å². The van der Waals surface area contributed by atoms with Gasteiger partial charge >= 0.3 is 12.2 Å². The second kappa shape index (κ2) is 9.80. The summed E-state index contributed by atoms with van der Waals surface area (Å²) in [6.45, 7) is 0.949. The van der Waals surface area contributed by atoms with Crippen molar-refractivity contribution in [3.05, 3.63) is 57.9 Å². The number of hydrogen-bond acceptors (Lipinski definition) is 7. The van der Waals surface area contributed by atoms with Crippen LogP contribution in [-0.4, -0.2) is 61.4 Å². The van der Waals surface area contributed by atoms with Crippen LogP contribution in [0.25, 0.3) is 16.9 Å². The number of rotatable bonds is 6. The highest BCUT2D eigenvalue weighted by Gasteiger charge is 2.38. The van der Waals surface area contributed by atoms with E-state index in [1.54, 1.807) is 23.1 Å². The minimum Gasteiger partial charge on any atom is -0.497 e. The highest BCUT2D eigenvalue weighted by atomic mass is 19.4. The predicted molar refractivity (Wildman–Crippen MR) is 137 cm³/mol. The maximum atomic E-state index is 14.2. The number of fused-ring (bicyclic) bond motifs is 1. The van der Waals surface area contributed by atoms with Gasteiger partial charge in [0, 0.05) is 55.0 Å². The summed E-state index contributed by atoms with van der Waals surface area (Å²) in [6.07, 6.45) is -4.59. The fraction of sp³-hybridized carbons (Fsp3) is 0.346. The van der Waals surface area contributed by atoms with Gasteiger partial charge in [-0.05, 0) is 36.8 Å². The zero-order chi connectivity index (χ0) is 28.1. The number of nitrogens with zero attached hydrogens (tertiary/aromatic N) is 4. The van der Waals surface area contributed by atoms with Gasteiger partial charge in [-0.3, -0.25) is 9.69 Å². The average Bonchev–Trinajstić information content (AvgIpc) is 3.33. The lowest BCUT2D eigenvalue weighted by molar-refractivity contribution is -0.137. The minimum absolute atomic E-state index is 0.00959. The number of methoxy groups -OCH3 is 2. The molecule has 3 heterocycles. The lowest BCUT2D eigenvalue weighted by Gasteiger charge is -2.40. The Hall–Kier alpha value is -4.26. The van der Waals surface area contributed by atoms with Gasteiger partial charge in [0.25, 0.3) is 5.56 Å². The molecule has 5 rings (SSSR count). The molecule has 3 aromatic rings. The van der Waals surface area contributed by atoms with Gasteiger partial charge < -0.3 is 25.2 Å². The van der Waals surface area contributed by atoms with Crippen molar-refractivity contribution in [3.63, 3.8) is 0 Å². The molecule has 1 fully saturated rings. The van der Waals surface area contributed by atoms with Crippen LogP contribution in [0.3, 0.4) is 0 Å². The number of nitrogens with two attached hydrogens (primary N) is 1. The molecule has 1 saturated heterocycles. The van der Waals surface area contributed by atoms with Gasteiger partial charge in [0.15, 0.2) is 0 Å². The van der Waals surface area contributed by atoms with Crippen LogP contribution in [0.4, 0.5) is 29.3 Å². The Kier molecular flexibility index (Phi) is 6.62. The summed E-state index contributed by atoms with van der Waals surface area (Å²) in [5.74, 6) is 0.809. The average molecular weight is 546 g/mol. The van der Waals surface area contributed by atoms with Crippen LogP contribution in [0.1, 0.15) is 11.1 Å². The summed E-state index contributed by atoms with van der Waals surface area (Å²) in [6, 6.07) is 7.41. The van der Waals surface area contributed by atoms with Gasteiger partial charge in [0.1, 0.15) is 17.2 Å². The molecule has 0 aliphatic carbocycles. The Morgan fingerprint density at radius 1 is 1.13 bits per heavy atom. The second-order valence-electron chi connectivity index (χ2n) is 9.39. The lowest BCUT2D eigenvalue weighted by Crippen LogP contribution is -2.48. The van der Waals surface area contributed by atoms with Crippen molar-refractivity contribution < 1.29 is 32.5 Å². The molecular weight excluding hydrogens is 519 g/mol. The number of benzene rings is 2. The van der Waals surface area contributed by atoms with Gasteiger partial charge in [-0.25, -0.2) is 4.79 Å². The molecule has 206 valence electrons. The number of aliphatic hydroxyl groups is 1. The zero-order valence-corrected chi connectivity index (χ0v) is 21.2. The molecule has 0 bridgehead atoms. The van der Waals surface area contributed by atoms with Gasteiger partial charge in [-0.15, -0.1) is 0 Å². The number of ether oxygens (including phenoxy) is 2. The number of carbonyl (C=O) groups excluding carboxylic acids is 1. The Balaban J connectivity index is 1.79. The summed E-state index contributed by atoms with van der Waals surface area (Å²) in [4.78, 5) is 28.8. The predicted octanol–water partition coefficient (Wildman–Crippen LogP) is 2.81. The number of halogens is 3. The number of aliphatic hydroxyl groups excluding tert-OH is 1. The summed E-state index contributed by atoms with van der Waals surface area (Å²) in [7, 11) is 2.90. The first-order valence-corrected chi connectivity index (χ1v) is 12.1. The smallest absolute Gasteiger partial charge is 0.418 e. The molecule has 0 atom stereocenters. The SMILES string of the molecule is COc1cc(OC)cc(-c2nn(-c3cc(N4CC(CO)C4)ccc3C(F)(F)F)c(=O)c3c2CCN3C(N)=O)c1. The van der Waals surface area contributed by atoms with Crippen molar-refractivity contribution in [1.29, 1.82) is 0 Å². The largest absolute Gasteiger partial charge is 0.497 e. The second-order valence-corrected chi connectivity index (χ2v) is 9.39. The Labute approximate surface area is 221 Å². The van der Waals surface area contributed by atoms with Crippen LogP contribution < -0.4 is 30.6 Å². The molecule has 0 unspecified atom stereocenters. The van der Waals surface area contributed by atoms with Gasteiger partial charge in [0.05, 0.1) is 31.2 Å². The van der Waals surface area contributed by atoms with E-state index in [0.29, 0.717) is 46.1 Å². The van der Waals surface area contributed by atoms with Crippen LogP contribution in [0.15, 0.2) is 41.2 Å². The molecule has 2 amide bonds. The molecule has 3 N–H and O–H groups in total. The summed E-state index contributed by atoms with van der Waals surface area (Å²) >= 11 is 0. The standard InChI is InChI=1S/C26H26F3N5O5/c1-38-17-7-15(8-18(10-17)39-2)22-19-5-6-33(25(30)37)23(19)24(36)34(31-22)21-9-16(32-11-14(12-32)13-35)3-4-20(21)26(27,28)29/h3-4,7-10,14,35H,5-6,11-13H2,1-2H3,(H2,30,37). The van der Waals surface area contributed by atoms with E-state index in [-0.39, 0.29) is 36.9 Å². The quantitative estimate of drug-likeness (QED) is 0.488. The van der Waals surface area contributed by atoms with Crippen LogP contribution in [0, 0.1) is 5.92 Å². The van der Waals surface area contributed by atoms with Gasteiger partial charge in [0.2, 0.25) is 0 Å². The Morgan fingerprint density at radius 2 is 1.79 bits per heavy atom. The normalized spacial score (nSPS) is 15.2. The zero-order valence-electron chi connectivity index (χ0n) is 21.2. The molecule has 2 aliphatic rings. The number of primary amides is 1. The Bertz CT molecular complexity index is 1480. The first-order chi connectivity index (χ1) is 18.5. The first-order valence-electron chi connectivity index (χ1n) is 12.1. The minimum atomic E-state index is -4.81. The topological polar surface area (TPSA) is 123 Å². The summed E-state index contributed by atoms with van der Waals surface area (Å²) < 4.78 is 54.0. The third kappa shape index (κ3) is 4.62. The van der Waals surface area contributed by atoms with E-state index in [0.717, 1.165) is 11.0 Å². The van der Waals surface area contributed by atoms with Crippen molar-refractivity contribution in [2.45, 2.75) is 12.6 Å². The van der Waals surface area contributed by atoms with Gasteiger partial charge in [-0.1, -0.05) is 0 Å². The fourth-order valence-corrected chi connectivity index (χ4v) is 4.99. The molecule has 10 nitrogen and oxygen atoms in total. The maximum absolute atomic E-state index is 14.2. The van der Waals surface area contributed by atoms with Gasteiger partial charge in [-0.2, -0.15) is 23.0 Å². The molecule has 0 radical (unpaired) electrons. The van der Waals surface area contributed by atoms with Crippen LogP contribution in [0.2, 0.25) is 0 Å². The molecule has 2 aromatic carbocycles. The van der Waals surface area contributed by atoms with Crippen LogP contribution >= 0.6 is 0 Å². The number of urea groups is 1. The highest BCUT2D eigenvalue weighted by molar-refractivity contribution is 5.94. The highest BCUT2D eigenvalue weighted by Crippen LogP contribution is 2.39. The molecule has 39 heavy (non-hydrogen) atoms. The number of aromatic nitrogens is 2. The van der Waals surface area contributed by atoms with E-state index in [9.17, 15) is 27.9 Å². The number of carbonyl (C=O) groups is 1. The molecule has 1 aromatic heterocycles. The van der Waals surface area contributed by atoms with E-state index in [1.165, 1.54) is 26.4 Å².